The van der Waals surface area contributed by atoms with Gasteiger partial charge in [-0.05, 0) is 23.8 Å². The Morgan fingerprint density at radius 3 is 2.30 bits per heavy atom. The van der Waals surface area contributed by atoms with Crippen molar-refractivity contribution >= 4 is 21.6 Å². The van der Waals surface area contributed by atoms with Crippen LogP contribution in [0.3, 0.4) is 0 Å². The Bertz CT molecular complexity index is 1240. The fourth-order valence-electron chi connectivity index (χ4n) is 3.17. The zero-order chi connectivity index (χ0) is 21.0. The highest BCUT2D eigenvalue weighted by atomic mass is 35.5. The van der Waals surface area contributed by atoms with E-state index in [2.05, 4.69) is 4.72 Å². The molecule has 1 N–H and O–H groups in total. The van der Waals surface area contributed by atoms with E-state index in [1.54, 1.807) is 12.1 Å². The molecule has 4 rings (SSSR count). The van der Waals surface area contributed by atoms with Gasteiger partial charge in [-0.15, -0.1) is 0 Å². The van der Waals surface area contributed by atoms with Crippen LogP contribution in [0.2, 0.25) is 5.02 Å². The van der Waals surface area contributed by atoms with Crippen molar-refractivity contribution in [3.63, 3.8) is 0 Å². The van der Waals surface area contributed by atoms with Gasteiger partial charge in [-0.25, -0.2) is 13.1 Å². The van der Waals surface area contributed by atoms with Crippen LogP contribution in [-0.2, 0) is 23.1 Å². The zero-order valence-corrected chi connectivity index (χ0v) is 17.6. The highest BCUT2D eigenvalue weighted by molar-refractivity contribution is 7.89. The first-order valence-corrected chi connectivity index (χ1v) is 11.3. The van der Waals surface area contributed by atoms with E-state index in [4.69, 9.17) is 16.7 Å². The Hall–Kier alpha value is -2.93. The summed E-state index contributed by atoms with van der Waals surface area (Å²) in [5.41, 5.74) is 3.59. The molecule has 7 heteroatoms. The third-order valence-corrected chi connectivity index (χ3v) is 6.27. The normalized spacial score (nSPS) is 11.5. The van der Waals surface area contributed by atoms with Crippen molar-refractivity contribution < 1.29 is 8.42 Å². The average Bonchev–Trinajstić information content (AvgIpc) is 3.16. The topological polar surface area (TPSA) is 64.0 Å². The van der Waals surface area contributed by atoms with Crippen molar-refractivity contribution in [2.45, 2.75) is 18.0 Å². The molecule has 0 fully saturated rings. The molecule has 0 spiro atoms. The Morgan fingerprint density at radius 1 is 0.900 bits per heavy atom. The van der Waals surface area contributed by atoms with Crippen LogP contribution in [0.25, 0.3) is 11.3 Å². The van der Waals surface area contributed by atoms with E-state index in [-0.39, 0.29) is 11.4 Å². The smallest absolute Gasteiger partial charge is 0.240 e. The van der Waals surface area contributed by atoms with Crippen molar-refractivity contribution in [1.82, 2.24) is 14.5 Å². The first kappa shape index (κ1) is 20.3. The minimum absolute atomic E-state index is 0.119. The summed E-state index contributed by atoms with van der Waals surface area (Å²) in [5.74, 6) is 0. The number of nitrogens with one attached hydrogen (secondary N) is 1. The van der Waals surface area contributed by atoms with Crippen LogP contribution in [-0.4, -0.2) is 18.2 Å². The van der Waals surface area contributed by atoms with E-state index in [1.807, 2.05) is 71.5 Å². The maximum atomic E-state index is 12.7. The molecule has 0 amide bonds. The van der Waals surface area contributed by atoms with Gasteiger partial charge in [0.15, 0.2) is 0 Å². The molecule has 1 aromatic heterocycles. The largest absolute Gasteiger partial charge is 0.267 e. The van der Waals surface area contributed by atoms with Gasteiger partial charge in [0, 0.05) is 28.9 Å². The van der Waals surface area contributed by atoms with Crippen LogP contribution >= 0.6 is 11.6 Å². The molecule has 0 unspecified atom stereocenters. The van der Waals surface area contributed by atoms with Gasteiger partial charge < -0.3 is 0 Å². The van der Waals surface area contributed by atoms with Crippen LogP contribution in [0.4, 0.5) is 0 Å². The molecule has 0 radical (unpaired) electrons. The second-order valence-corrected chi connectivity index (χ2v) is 9.04. The van der Waals surface area contributed by atoms with Gasteiger partial charge in [-0.2, -0.15) is 5.10 Å². The van der Waals surface area contributed by atoms with Gasteiger partial charge in [0.1, 0.15) is 0 Å². The quantitative estimate of drug-likeness (QED) is 0.454. The number of rotatable bonds is 7. The predicted octanol–water partition coefficient (Wildman–Crippen LogP) is 4.73. The van der Waals surface area contributed by atoms with E-state index in [0.717, 1.165) is 22.4 Å². The van der Waals surface area contributed by atoms with E-state index < -0.39 is 10.0 Å². The van der Waals surface area contributed by atoms with Gasteiger partial charge >= 0.3 is 0 Å². The predicted molar refractivity (Wildman–Crippen MR) is 119 cm³/mol. The molecule has 0 saturated carbocycles. The van der Waals surface area contributed by atoms with Crippen molar-refractivity contribution in [3.05, 3.63) is 107 Å². The summed E-state index contributed by atoms with van der Waals surface area (Å²) in [6.07, 6.45) is 1.88. The monoisotopic (exact) mass is 437 g/mol. The minimum Gasteiger partial charge on any atom is -0.267 e. The summed E-state index contributed by atoms with van der Waals surface area (Å²) in [5, 5.41) is 5.10. The first-order chi connectivity index (χ1) is 14.5. The van der Waals surface area contributed by atoms with Crippen LogP contribution < -0.4 is 4.72 Å². The number of sulfonamides is 1. The molecule has 0 aliphatic heterocycles. The van der Waals surface area contributed by atoms with E-state index in [1.165, 1.54) is 12.1 Å². The molecule has 0 bridgehead atoms. The number of halogens is 1. The van der Waals surface area contributed by atoms with E-state index in [9.17, 15) is 8.42 Å². The summed E-state index contributed by atoms with van der Waals surface area (Å²) in [6.45, 7) is 0.718. The third kappa shape index (κ3) is 4.79. The molecule has 3 aromatic carbocycles. The second-order valence-electron chi connectivity index (χ2n) is 6.83. The Morgan fingerprint density at radius 2 is 1.60 bits per heavy atom. The Labute approximate surface area is 181 Å². The Kier molecular flexibility index (Phi) is 5.99. The highest BCUT2D eigenvalue weighted by Gasteiger charge is 2.17. The summed E-state index contributed by atoms with van der Waals surface area (Å²) in [4.78, 5) is 0.132. The molecule has 5 nitrogen and oxygen atoms in total. The standard InChI is InChI=1S/C23H20ClN3O2S/c24-21-12-7-13-22(14-21)30(28,29)25-15-20-17-27(16-18-8-3-1-4-9-18)26-23(20)19-10-5-2-6-11-19/h1-14,17,25H,15-16H2. The molecule has 0 aliphatic rings. The van der Waals surface area contributed by atoms with Crippen LogP contribution in [0.5, 0.6) is 0 Å². The lowest BCUT2D eigenvalue weighted by molar-refractivity contribution is 0.581. The third-order valence-electron chi connectivity index (χ3n) is 4.63. The minimum atomic E-state index is -3.70. The summed E-state index contributed by atoms with van der Waals surface area (Å²) >= 11 is 5.95. The van der Waals surface area contributed by atoms with Crippen molar-refractivity contribution in [3.8, 4) is 11.3 Å². The van der Waals surface area contributed by atoms with Gasteiger partial charge in [0.25, 0.3) is 0 Å². The highest BCUT2D eigenvalue weighted by Crippen LogP contribution is 2.23. The molecule has 0 aliphatic carbocycles. The summed E-state index contributed by atoms with van der Waals surface area (Å²) in [6, 6.07) is 25.9. The summed E-state index contributed by atoms with van der Waals surface area (Å²) < 4.78 is 29.9. The van der Waals surface area contributed by atoms with Gasteiger partial charge in [-0.1, -0.05) is 78.3 Å². The second kappa shape index (κ2) is 8.83. The lowest BCUT2D eigenvalue weighted by Gasteiger charge is -2.07. The van der Waals surface area contributed by atoms with Crippen molar-refractivity contribution in [1.29, 1.82) is 0 Å². The molecule has 0 atom stereocenters. The molecule has 1 heterocycles. The van der Waals surface area contributed by atoms with E-state index in [0.29, 0.717) is 11.6 Å². The number of nitrogens with zero attached hydrogens (tertiary/aromatic N) is 2. The van der Waals surface area contributed by atoms with Crippen LogP contribution in [0.15, 0.2) is 96.0 Å². The SMILES string of the molecule is O=S(=O)(NCc1cn(Cc2ccccc2)nc1-c1ccccc1)c1cccc(Cl)c1. The van der Waals surface area contributed by atoms with Crippen LogP contribution in [0, 0.1) is 0 Å². The number of benzene rings is 3. The lowest BCUT2D eigenvalue weighted by atomic mass is 10.1. The van der Waals surface area contributed by atoms with Gasteiger partial charge in [0.2, 0.25) is 10.0 Å². The average molecular weight is 438 g/mol. The molecule has 4 aromatic rings. The molecular formula is C23H20ClN3O2S. The molecular weight excluding hydrogens is 418 g/mol. The molecule has 0 saturated heterocycles. The number of hydrogen-bond donors (Lipinski definition) is 1. The molecule has 30 heavy (non-hydrogen) atoms. The Balaban J connectivity index is 1.62. The zero-order valence-electron chi connectivity index (χ0n) is 16.1. The lowest BCUT2D eigenvalue weighted by Crippen LogP contribution is -2.23. The maximum Gasteiger partial charge on any atom is 0.240 e. The van der Waals surface area contributed by atoms with Crippen LogP contribution in [0.1, 0.15) is 11.1 Å². The fraction of sp³-hybridized carbons (Fsp3) is 0.0870. The van der Waals surface area contributed by atoms with Gasteiger partial charge in [-0.3, -0.25) is 4.68 Å². The van der Waals surface area contributed by atoms with Crippen molar-refractivity contribution in [2.75, 3.05) is 0 Å². The number of hydrogen-bond acceptors (Lipinski definition) is 3. The van der Waals surface area contributed by atoms with Gasteiger partial charge in [0.05, 0.1) is 17.1 Å². The number of aromatic nitrogens is 2. The fourth-order valence-corrected chi connectivity index (χ4v) is 4.48. The summed E-state index contributed by atoms with van der Waals surface area (Å²) in [7, 11) is -3.70. The first-order valence-electron chi connectivity index (χ1n) is 9.42. The van der Waals surface area contributed by atoms with E-state index >= 15 is 0 Å². The molecule has 152 valence electrons. The van der Waals surface area contributed by atoms with Crippen molar-refractivity contribution in [2.24, 2.45) is 0 Å². The maximum absolute atomic E-state index is 12.7.